The monoisotopic (exact) mass is 402 g/mol. The highest BCUT2D eigenvalue weighted by Crippen LogP contribution is 2.65. The molecule has 0 radical (unpaired) electrons. The molecule has 4 rings (SSSR count). The number of esters is 1. The van der Waals surface area contributed by atoms with Crippen LogP contribution in [0, 0.1) is 28.6 Å². The van der Waals surface area contributed by atoms with Gasteiger partial charge in [-0.2, -0.15) is 0 Å². The first-order chi connectivity index (χ1) is 13.6. The summed E-state index contributed by atoms with van der Waals surface area (Å²) in [5, 5.41) is 19.2. The number of aliphatic hydroxyl groups excluding tert-OH is 1. The molecule has 0 aromatic carbocycles. The third kappa shape index (κ3) is 3.25. The van der Waals surface area contributed by atoms with Crippen molar-refractivity contribution in [3.63, 3.8) is 0 Å². The number of allylic oxidation sites excluding steroid dienone is 1. The molecule has 29 heavy (non-hydrogen) atoms. The van der Waals surface area contributed by atoms with Gasteiger partial charge in [0.15, 0.2) is 11.9 Å². The molecule has 0 bridgehead atoms. The maximum Gasteiger partial charge on any atom is 0.331 e. The first-order valence-electron chi connectivity index (χ1n) is 10.7. The fourth-order valence-electron chi connectivity index (χ4n) is 6.99. The largest absolute Gasteiger partial charge is 0.478 e. The zero-order valence-electron chi connectivity index (χ0n) is 17.1. The van der Waals surface area contributed by atoms with Gasteiger partial charge in [-0.05, 0) is 73.2 Å². The Labute approximate surface area is 171 Å². The average molecular weight is 402 g/mol. The zero-order valence-corrected chi connectivity index (χ0v) is 17.1. The molecule has 4 aliphatic rings. The quantitative estimate of drug-likeness (QED) is 0.556. The Morgan fingerprint density at radius 1 is 1.14 bits per heavy atom. The summed E-state index contributed by atoms with van der Waals surface area (Å²) in [6, 6.07) is 0. The molecule has 0 amide bonds. The lowest BCUT2D eigenvalue weighted by Crippen LogP contribution is -2.53. The van der Waals surface area contributed by atoms with Gasteiger partial charge in [-0.1, -0.05) is 19.4 Å². The molecule has 2 N–H and O–H groups in total. The Hall–Kier alpha value is -1.95. The summed E-state index contributed by atoms with van der Waals surface area (Å²) in [6.45, 7) is 4.44. The van der Waals surface area contributed by atoms with Crippen molar-refractivity contribution in [1.82, 2.24) is 0 Å². The predicted octanol–water partition coefficient (Wildman–Crippen LogP) is 3.04. The molecular formula is C23H30O6. The van der Waals surface area contributed by atoms with Gasteiger partial charge in [0.05, 0.1) is 6.10 Å². The van der Waals surface area contributed by atoms with Crippen molar-refractivity contribution < 1.29 is 29.3 Å². The number of hydrogen-bond donors (Lipinski definition) is 2. The second kappa shape index (κ2) is 7.08. The van der Waals surface area contributed by atoms with Crippen molar-refractivity contribution in [1.29, 1.82) is 0 Å². The van der Waals surface area contributed by atoms with E-state index in [9.17, 15) is 19.5 Å². The Morgan fingerprint density at radius 3 is 2.62 bits per heavy atom. The fourth-order valence-corrected chi connectivity index (χ4v) is 6.99. The Bertz CT molecular complexity index is 797. The fraction of sp³-hybridized carbons (Fsp3) is 0.696. The van der Waals surface area contributed by atoms with Crippen molar-refractivity contribution in [3.05, 3.63) is 23.8 Å². The molecule has 7 atom stereocenters. The molecule has 6 heteroatoms. The molecule has 4 unspecified atom stereocenters. The van der Waals surface area contributed by atoms with Gasteiger partial charge in [0.2, 0.25) is 0 Å². The second-order valence-corrected chi connectivity index (χ2v) is 9.84. The van der Waals surface area contributed by atoms with E-state index >= 15 is 0 Å². The van der Waals surface area contributed by atoms with Crippen LogP contribution in [0.15, 0.2) is 23.8 Å². The van der Waals surface area contributed by atoms with Crippen LogP contribution in [0.25, 0.3) is 0 Å². The lowest BCUT2D eigenvalue weighted by molar-refractivity contribution is -0.154. The summed E-state index contributed by atoms with van der Waals surface area (Å²) >= 11 is 0. The van der Waals surface area contributed by atoms with Gasteiger partial charge in [0.25, 0.3) is 0 Å². The van der Waals surface area contributed by atoms with Crippen LogP contribution >= 0.6 is 0 Å². The summed E-state index contributed by atoms with van der Waals surface area (Å²) in [5.74, 6) is -0.796. The zero-order chi connectivity index (χ0) is 21.0. The van der Waals surface area contributed by atoms with Gasteiger partial charge < -0.3 is 14.9 Å². The smallest absolute Gasteiger partial charge is 0.331 e. The molecule has 0 aromatic rings. The van der Waals surface area contributed by atoms with Crippen molar-refractivity contribution in [2.24, 2.45) is 28.6 Å². The van der Waals surface area contributed by atoms with E-state index in [-0.39, 0.29) is 22.7 Å². The summed E-state index contributed by atoms with van der Waals surface area (Å²) < 4.78 is 5.35. The van der Waals surface area contributed by atoms with E-state index in [4.69, 9.17) is 9.84 Å². The van der Waals surface area contributed by atoms with Crippen molar-refractivity contribution in [2.75, 3.05) is 0 Å². The third-order valence-electron chi connectivity index (χ3n) is 8.55. The molecule has 3 saturated carbocycles. The number of carboxylic acids is 1. The van der Waals surface area contributed by atoms with E-state index in [2.05, 4.69) is 13.8 Å². The van der Waals surface area contributed by atoms with E-state index < -0.39 is 18.0 Å². The van der Waals surface area contributed by atoms with Crippen molar-refractivity contribution in [3.8, 4) is 0 Å². The molecule has 0 aromatic heterocycles. The number of carbonyl (C=O) groups is 3. The van der Waals surface area contributed by atoms with Gasteiger partial charge in [-0.3, -0.25) is 4.79 Å². The molecule has 0 spiro atoms. The lowest BCUT2D eigenvalue weighted by atomic mass is 9.47. The molecule has 6 nitrogen and oxygen atoms in total. The molecule has 4 aliphatic carbocycles. The first-order valence-corrected chi connectivity index (χ1v) is 10.7. The molecule has 158 valence electrons. The molecular weight excluding hydrogens is 372 g/mol. The predicted molar refractivity (Wildman–Crippen MR) is 105 cm³/mol. The third-order valence-corrected chi connectivity index (χ3v) is 8.55. The standard InChI is InChI=1S/C23H30O6/c1-22-10-9-16-14(15(22)5-6-19(22)25)4-3-13-11-17(24)18(12-23(13,16)2)29-21(28)8-7-20(26)27/h7-8,11,14-16,18-19,25H,3-6,9-10,12H2,1-2H3,(H,26,27)/t14?,15?,16?,18?,19-,22-,23-/m0/s1. The van der Waals surface area contributed by atoms with Crippen LogP contribution in [0.3, 0.4) is 0 Å². The van der Waals surface area contributed by atoms with Crippen LogP contribution < -0.4 is 0 Å². The number of ether oxygens (including phenoxy) is 1. The maximum atomic E-state index is 12.6. The highest BCUT2D eigenvalue weighted by molar-refractivity contribution is 5.98. The Kier molecular flexibility index (Phi) is 4.96. The van der Waals surface area contributed by atoms with Gasteiger partial charge in [0.1, 0.15) is 0 Å². The number of rotatable bonds is 3. The normalized spacial score (nSPS) is 43.9. The summed E-state index contributed by atoms with van der Waals surface area (Å²) in [4.78, 5) is 35.1. The van der Waals surface area contributed by atoms with Crippen molar-refractivity contribution >= 4 is 17.7 Å². The minimum atomic E-state index is -1.23. The van der Waals surface area contributed by atoms with Crippen LogP contribution in [0.1, 0.15) is 58.8 Å². The molecule has 3 fully saturated rings. The van der Waals surface area contributed by atoms with Crippen LogP contribution in [0.5, 0.6) is 0 Å². The summed E-state index contributed by atoms with van der Waals surface area (Å²) in [5.41, 5.74) is 0.962. The van der Waals surface area contributed by atoms with Gasteiger partial charge >= 0.3 is 11.9 Å². The van der Waals surface area contributed by atoms with Gasteiger partial charge in [-0.25, -0.2) is 9.59 Å². The number of aliphatic carboxylic acids is 1. The summed E-state index contributed by atoms with van der Waals surface area (Å²) in [7, 11) is 0. The van der Waals surface area contributed by atoms with Gasteiger partial charge in [0, 0.05) is 18.6 Å². The highest BCUT2D eigenvalue weighted by atomic mass is 16.5. The molecule has 0 heterocycles. The number of ketones is 1. The number of carbonyl (C=O) groups excluding carboxylic acids is 2. The topological polar surface area (TPSA) is 101 Å². The van der Waals surface area contributed by atoms with E-state index in [1.54, 1.807) is 6.08 Å². The molecule has 0 saturated heterocycles. The SMILES string of the molecule is C[C@]12CC(OC(=O)C=CC(=O)O)C(=O)C=C1CCC1C2CC[C@@]2(C)C1CC[C@@H]2O. The van der Waals surface area contributed by atoms with Crippen molar-refractivity contribution in [2.45, 2.75) is 71.0 Å². The lowest BCUT2D eigenvalue weighted by Gasteiger charge is -2.58. The number of carboxylic acid groups (broad SMARTS) is 1. The molecule has 0 aliphatic heterocycles. The number of aliphatic hydroxyl groups is 1. The number of hydrogen-bond acceptors (Lipinski definition) is 5. The van der Waals surface area contributed by atoms with Crippen LogP contribution in [-0.4, -0.2) is 40.1 Å². The van der Waals surface area contributed by atoms with Crippen LogP contribution in [0.2, 0.25) is 0 Å². The Morgan fingerprint density at radius 2 is 1.90 bits per heavy atom. The first kappa shape index (κ1) is 20.3. The van der Waals surface area contributed by atoms with Gasteiger partial charge in [-0.15, -0.1) is 0 Å². The Balaban J connectivity index is 1.56. The van der Waals surface area contributed by atoms with E-state index in [0.29, 0.717) is 24.2 Å². The second-order valence-electron chi connectivity index (χ2n) is 9.84. The van der Waals surface area contributed by atoms with Crippen LogP contribution in [0.4, 0.5) is 0 Å². The average Bonchev–Trinajstić information content (AvgIpc) is 2.96. The minimum absolute atomic E-state index is 0.00325. The number of fused-ring (bicyclic) bond motifs is 5. The minimum Gasteiger partial charge on any atom is -0.478 e. The van der Waals surface area contributed by atoms with E-state index in [1.165, 1.54) is 5.57 Å². The van der Waals surface area contributed by atoms with E-state index in [1.807, 2.05) is 0 Å². The maximum absolute atomic E-state index is 12.6. The van der Waals surface area contributed by atoms with E-state index in [0.717, 1.165) is 50.7 Å². The highest BCUT2D eigenvalue weighted by Gasteiger charge is 2.59. The van der Waals surface area contributed by atoms with Crippen LogP contribution in [-0.2, 0) is 19.1 Å². The summed E-state index contributed by atoms with van der Waals surface area (Å²) in [6.07, 6.45) is 8.49.